The van der Waals surface area contributed by atoms with Crippen molar-refractivity contribution in [1.29, 1.82) is 0 Å². The number of hydrogen-bond acceptors (Lipinski definition) is 2. The van der Waals surface area contributed by atoms with Gasteiger partial charge in [0.15, 0.2) is 0 Å². The van der Waals surface area contributed by atoms with E-state index >= 15 is 0 Å². The molecule has 0 rings (SSSR count). The van der Waals surface area contributed by atoms with Crippen molar-refractivity contribution in [2.45, 2.75) is 67.6 Å². The zero-order chi connectivity index (χ0) is 25.9. The molecule has 0 amide bonds. The summed E-state index contributed by atoms with van der Waals surface area (Å²) in [6.45, 7) is -1.35. The Bertz CT molecular complexity index is 677. The number of halogens is 17. The second kappa shape index (κ2) is 7.41. The summed E-state index contributed by atoms with van der Waals surface area (Å²) in [6, 6.07) is 0. The Kier molecular flexibility index (Phi) is 7.00. The van der Waals surface area contributed by atoms with E-state index in [9.17, 15) is 79.4 Å². The fourth-order valence-corrected chi connectivity index (χ4v) is 1.69. The zero-order valence-electron chi connectivity index (χ0n) is 14.3. The van der Waals surface area contributed by atoms with Gasteiger partial charge in [-0.2, -0.15) is 70.2 Å². The Hall–Kier alpha value is -1.72. The minimum atomic E-state index is -8.57. The van der Waals surface area contributed by atoms with E-state index in [4.69, 9.17) is 0 Å². The highest BCUT2D eigenvalue weighted by Gasteiger charge is 2.93. The summed E-state index contributed by atoms with van der Waals surface area (Å²) in [5, 5.41) is 0. The van der Waals surface area contributed by atoms with Gasteiger partial charge >= 0.3 is 53.5 Å². The SMILES string of the molecule is CC(=O)OC(F)(F)C(F)C(F)(F)C(F)(F)C(F)(F)C(F)(F)C(F)(F)C(F)(F)C(C)(F)F. The molecule has 1 atom stereocenters. The number of hydrogen-bond donors (Lipinski definition) is 0. The third kappa shape index (κ3) is 4.07. The van der Waals surface area contributed by atoms with Gasteiger partial charge in [0.2, 0.25) is 0 Å². The molecule has 0 aliphatic carbocycles. The summed E-state index contributed by atoms with van der Waals surface area (Å²) in [5.41, 5.74) is 0. The second-order valence-corrected chi connectivity index (χ2v) is 5.90. The standard InChI is InChI=1S/C12H7F17O2/c1-3(30)31-7(18,19)4(13)6(16,17)9(22,23)11(26,27)12(28,29)10(24,25)8(20,21)5(2,14)15/h4H,1-2H3. The lowest BCUT2D eigenvalue weighted by atomic mass is 9.88. The molecule has 0 heterocycles. The van der Waals surface area contributed by atoms with E-state index in [-0.39, 0.29) is 6.92 Å². The summed E-state index contributed by atoms with van der Waals surface area (Å²) >= 11 is 0. The van der Waals surface area contributed by atoms with Crippen molar-refractivity contribution < 1.29 is 84.2 Å². The van der Waals surface area contributed by atoms with Gasteiger partial charge in [-0.05, 0) is 0 Å². The van der Waals surface area contributed by atoms with Crippen LogP contribution in [0.2, 0.25) is 0 Å². The Morgan fingerprint density at radius 1 is 0.613 bits per heavy atom. The van der Waals surface area contributed by atoms with Crippen molar-refractivity contribution in [3.05, 3.63) is 0 Å². The van der Waals surface area contributed by atoms with E-state index in [1.807, 2.05) is 0 Å². The van der Waals surface area contributed by atoms with Crippen LogP contribution in [0.1, 0.15) is 13.8 Å². The van der Waals surface area contributed by atoms with Crippen LogP contribution in [0.4, 0.5) is 74.6 Å². The Balaban J connectivity index is 6.66. The number of esters is 1. The van der Waals surface area contributed by atoms with Gasteiger partial charge in [-0.3, -0.25) is 4.79 Å². The predicted molar refractivity (Wildman–Crippen MR) is 61.9 cm³/mol. The van der Waals surface area contributed by atoms with Crippen LogP contribution in [0.3, 0.4) is 0 Å². The first-order valence-corrected chi connectivity index (χ1v) is 6.93. The highest BCUT2D eigenvalue weighted by Crippen LogP contribution is 2.63. The van der Waals surface area contributed by atoms with Crippen molar-refractivity contribution in [3.63, 3.8) is 0 Å². The van der Waals surface area contributed by atoms with Gasteiger partial charge in [0.25, 0.3) is 6.17 Å². The summed E-state index contributed by atoms with van der Waals surface area (Å²) < 4.78 is 225. The van der Waals surface area contributed by atoms with Crippen molar-refractivity contribution in [2.24, 2.45) is 0 Å². The molecule has 186 valence electrons. The molecule has 0 aliphatic heterocycles. The number of rotatable bonds is 9. The van der Waals surface area contributed by atoms with Crippen LogP contribution in [0.25, 0.3) is 0 Å². The molecule has 0 spiro atoms. The monoisotopic (exact) mass is 506 g/mol. The van der Waals surface area contributed by atoms with E-state index in [1.54, 1.807) is 0 Å². The van der Waals surface area contributed by atoms with Crippen LogP contribution in [0.5, 0.6) is 0 Å². The molecule has 19 heteroatoms. The van der Waals surface area contributed by atoms with E-state index in [2.05, 4.69) is 4.74 Å². The second-order valence-electron chi connectivity index (χ2n) is 5.90. The van der Waals surface area contributed by atoms with Gasteiger partial charge in [-0.1, -0.05) is 0 Å². The lowest BCUT2D eigenvalue weighted by Gasteiger charge is -2.43. The van der Waals surface area contributed by atoms with Crippen LogP contribution in [-0.2, 0) is 9.53 Å². The maximum absolute atomic E-state index is 13.3. The predicted octanol–water partition coefficient (Wildman–Crippen LogP) is 5.95. The lowest BCUT2D eigenvalue weighted by molar-refractivity contribution is -0.449. The molecule has 0 N–H and O–H groups in total. The zero-order valence-corrected chi connectivity index (χ0v) is 14.3. The molecule has 31 heavy (non-hydrogen) atoms. The Labute approximate surface area is 159 Å². The third-order valence-electron chi connectivity index (χ3n) is 3.44. The topological polar surface area (TPSA) is 26.3 Å². The van der Waals surface area contributed by atoms with Crippen LogP contribution in [-0.4, -0.2) is 59.7 Å². The first-order valence-electron chi connectivity index (χ1n) is 6.93. The molecule has 0 aromatic carbocycles. The van der Waals surface area contributed by atoms with Gasteiger partial charge < -0.3 is 4.74 Å². The lowest BCUT2D eigenvalue weighted by Crippen LogP contribution is -2.74. The molecule has 0 aliphatic rings. The average molecular weight is 506 g/mol. The summed E-state index contributed by atoms with van der Waals surface area (Å²) in [5.74, 6) is -57.9. The van der Waals surface area contributed by atoms with E-state index in [0.717, 1.165) is 0 Å². The molecule has 0 radical (unpaired) electrons. The van der Waals surface area contributed by atoms with Gasteiger partial charge in [-0.15, -0.1) is 0 Å². The first kappa shape index (κ1) is 29.3. The van der Waals surface area contributed by atoms with E-state index in [0.29, 0.717) is 0 Å². The normalized spacial score (nSPS) is 16.9. The van der Waals surface area contributed by atoms with Crippen molar-refractivity contribution in [3.8, 4) is 0 Å². The first-order chi connectivity index (χ1) is 13.1. The van der Waals surface area contributed by atoms with Crippen molar-refractivity contribution >= 4 is 5.97 Å². The molecular weight excluding hydrogens is 499 g/mol. The third-order valence-corrected chi connectivity index (χ3v) is 3.44. The van der Waals surface area contributed by atoms with Crippen LogP contribution < -0.4 is 0 Å². The minimum Gasteiger partial charge on any atom is -0.399 e. The molecule has 0 fully saturated rings. The summed E-state index contributed by atoms with van der Waals surface area (Å²) in [4.78, 5) is 10.2. The average Bonchev–Trinajstić information content (AvgIpc) is 2.50. The number of carbonyl (C=O) groups excluding carboxylic acids is 1. The van der Waals surface area contributed by atoms with Crippen LogP contribution in [0, 0.1) is 0 Å². The van der Waals surface area contributed by atoms with Crippen molar-refractivity contribution in [1.82, 2.24) is 0 Å². The molecule has 0 aromatic heterocycles. The molecule has 0 aromatic rings. The van der Waals surface area contributed by atoms with Gasteiger partial charge in [0.05, 0.1) is 0 Å². The van der Waals surface area contributed by atoms with Gasteiger partial charge in [0.1, 0.15) is 0 Å². The minimum absolute atomic E-state index is 0.0900. The van der Waals surface area contributed by atoms with Crippen LogP contribution in [0.15, 0.2) is 0 Å². The fourth-order valence-electron chi connectivity index (χ4n) is 1.69. The van der Waals surface area contributed by atoms with Crippen LogP contribution >= 0.6 is 0 Å². The number of ether oxygens (including phenoxy) is 1. The quantitative estimate of drug-likeness (QED) is 0.286. The van der Waals surface area contributed by atoms with E-state index in [1.165, 1.54) is 0 Å². The smallest absolute Gasteiger partial charge is 0.399 e. The van der Waals surface area contributed by atoms with Gasteiger partial charge in [-0.25, -0.2) is 4.39 Å². The molecule has 0 saturated carbocycles. The largest absolute Gasteiger partial charge is 0.438 e. The number of alkyl halides is 17. The summed E-state index contributed by atoms with van der Waals surface area (Å²) in [7, 11) is 0. The Morgan fingerprint density at radius 3 is 1.19 bits per heavy atom. The van der Waals surface area contributed by atoms with E-state index < -0.39 is 66.6 Å². The number of carbonyl (C=O) groups is 1. The maximum atomic E-state index is 13.3. The maximum Gasteiger partial charge on any atom is 0.438 e. The molecule has 0 saturated heterocycles. The highest BCUT2D eigenvalue weighted by molar-refractivity contribution is 5.66. The fraction of sp³-hybridized carbons (Fsp3) is 0.917. The molecule has 1 unspecified atom stereocenters. The molecule has 2 nitrogen and oxygen atoms in total. The summed E-state index contributed by atoms with van der Waals surface area (Å²) in [6.07, 6.45) is -12.6. The molecular formula is C12H7F17O2. The van der Waals surface area contributed by atoms with Crippen molar-refractivity contribution in [2.75, 3.05) is 0 Å². The molecule has 0 bridgehead atoms. The Morgan fingerprint density at radius 2 is 0.903 bits per heavy atom. The highest BCUT2D eigenvalue weighted by atomic mass is 19.4. The van der Waals surface area contributed by atoms with Gasteiger partial charge in [0, 0.05) is 13.8 Å².